The van der Waals surface area contributed by atoms with Gasteiger partial charge in [0.05, 0.1) is 19.2 Å². The summed E-state index contributed by atoms with van der Waals surface area (Å²) in [5, 5.41) is 0. The molecule has 5 heteroatoms. The summed E-state index contributed by atoms with van der Waals surface area (Å²) >= 11 is 0. The first-order valence-electron chi connectivity index (χ1n) is 8.88. The molecule has 4 heterocycles. The van der Waals surface area contributed by atoms with Crippen molar-refractivity contribution in [2.24, 2.45) is 0 Å². The van der Waals surface area contributed by atoms with Gasteiger partial charge in [-0.15, -0.1) is 0 Å². The SMILES string of the molecule is C[N@+]12CCc3cc4c(cc3[C@@H]1Cc1ccc3c(c1C2)OCO3)OCO4. The molecule has 6 rings (SSSR count). The van der Waals surface area contributed by atoms with Crippen LogP contribution in [0.2, 0.25) is 0 Å². The van der Waals surface area contributed by atoms with Gasteiger partial charge in [-0.1, -0.05) is 6.07 Å². The first kappa shape index (κ1) is 13.8. The predicted octanol–water partition coefficient (Wildman–Crippen LogP) is 2.94. The lowest BCUT2D eigenvalue weighted by Crippen LogP contribution is -2.53. The number of fused-ring (bicyclic) bond motifs is 7. The van der Waals surface area contributed by atoms with Gasteiger partial charge >= 0.3 is 0 Å². The molecule has 2 atom stereocenters. The average Bonchev–Trinajstić information content (AvgIpc) is 3.27. The Morgan fingerprint density at radius 1 is 0.920 bits per heavy atom. The van der Waals surface area contributed by atoms with E-state index in [9.17, 15) is 0 Å². The average molecular weight is 338 g/mol. The van der Waals surface area contributed by atoms with Crippen LogP contribution >= 0.6 is 0 Å². The van der Waals surface area contributed by atoms with Gasteiger partial charge in [-0.2, -0.15) is 0 Å². The number of hydrogen-bond donors (Lipinski definition) is 0. The third kappa shape index (κ3) is 1.82. The van der Waals surface area contributed by atoms with Gasteiger partial charge in [0.15, 0.2) is 23.0 Å². The number of benzene rings is 2. The molecule has 2 aromatic rings. The summed E-state index contributed by atoms with van der Waals surface area (Å²) in [6.45, 7) is 2.79. The van der Waals surface area contributed by atoms with E-state index in [1.807, 2.05) is 0 Å². The summed E-state index contributed by atoms with van der Waals surface area (Å²) in [5.41, 5.74) is 5.55. The fraction of sp³-hybridized carbons (Fsp3) is 0.400. The van der Waals surface area contributed by atoms with Crippen LogP contribution in [0, 0.1) is 0 Å². The molecule has 4 aliphatic heterocycles. The Kier molecular flexibility index (Phi) is 2.55. The third-order valence-corrected chi connectivity index (χ3v) is 6.31. The van der Waals surface area contributed by atoms with Crippen LogP contribution in [0.5, 0.6) is 23.0 Å². The fourth-order valence-electron chi connectivity index (χ4n) is 4.92. The summed E-state index contributed by atoms with van der Waals surface area (Å²) in [5.74, 6) is 3.65. The maximum absolute atomic E-state index is 5.78. The van der Waals surface area contributed by atoms with E-state index in [0.29, 0.717) is 19.6 Å². The van der Waals surface area contributed by atoms with E-state index >= 15 is 0 Å². The molecule has 4 aliphatic rings. The van der Waals surface area contributed by atoms with Gasteiger partial charge in [-0.25, -0.2) is 0 Å². The Balaban J connectivity index is 1.49. The molecule has 0 amide bonds. The molecule has 0 saturated heterocycles. The van der Waals surface area contributed by atoms with E-state index in [-0.39, 0.29) is 0 Å². The number of ether oxygens (including phenoxy) is 4. The van der Waals surface area contributed by atoms with Gasteiger partial charge in [-0.3, -0.25) is 0 Å². The topological polar surface area (TPSA) is 36.9 Å². The van der Waals surface area contributed by atoms with Crippen LogP contribution < -0.4 is 18.9 Å². The second-order valence-corrected chi connectivity index (χ2v) is 7.67. The van der Waals surface area contributed by atoms with E-state index < -0.39 is 0 Å². The Labute approximate surface area is 146 Å². The monoisotopic (exact) mass is 338 g/mol. The van der Waals surface area contributed by atoms with Gasteiger partial charge in [0.1, 0.15) is 12.6 Å². The van der Waals surface area contributed by atoms with Crippen molar-refractivity contribution in [2.75, 3.05) is 27.2 Å². The lowest BCUT2D eigenvalue weighted by atomic mass is 9.81. The number of hydrogen-bond acceptors (Lipinski definition) is 4. The van der Waals surface area contributed by atoms with Crippen LogP contribution in [0.1, 0.15) is 28.3 Å². The lowest BCUT2D eigenvalue weighted by Gasteiger charge is -2.48. The van der Waals surface area contributed by atoms with Crippen molar-refractivity contribution in [3.8, 4) is 23.0 Å². The van der Waals surface area contributed by atoms with Crippen LogP contribution in [0.4, 0.5) is 0 Å². The van der Waals surface area contributed by atoms with Gasteiger partial charge in [-0.05, 0) is 29.3 Å². The minimum absolute atomic E-state index is 0.335. The lowest BCUT2D eigenvalue weighted by molar-refractivity contribution is -0.956. The van der Waals surface area contributed by atoms with Crippen molar-refractivity contribution in [3.63, 3.8) is 0 Å². The second-order valence-electron chi connectivity index (χ2n) is 7.67. The number of likely N-dealkylation sites (N-methyl/N-ethyl adjacent to an activating group) is 1. The van der Waals surface area contributed by atoms with Gasteiger partial charge in [0.2, 0.25) is 13.6 Å². The first-order valence-corrected chi connectivity index (χ1v) is 8.88. The molecular weight excluding hydrogens is 318 g/mol. The van der Waals surface area contributed by atoms with E-state index in [0.717, 1.165) is 53.4 Å². The largest absolute Gasteiger partial charge is 0.454 e. The van der Waals surface area contributed by atoms with Crippen molar-refractivity contribution in [1.82, 2.24) is 0 Å². The predicted molar refractivity (Wildman–Crippen MR) is 90.0 cm³/mol. The molecule has 25 heavy (non-hydrogen) atoms. The van der Waals surface area contributed by atoms with Crippen molar-refractivity contribution in [3.05, 3.63) is 46.5 Å². The second kappa shape index (κ2) is 4.61. The Morgan fingerprint density at radius 2 is 1.72 bits per heavy atom. The van der Waals surface area contributed by atoms with Crippen molar-refractivity contribution in [1.29, 1.82) is 0 Å². The molecule has 0 aromatic heterocycles. The molecule has 0 spiro atoms. The van der Waals surface area contributed by atoms with Gasteiger partial charge in [0.25, 0.3) is 0 Å². The smallest absolute Gasteiger partial charge is 0.231 e. The maximum atomic E-state index is 5.78. The number of quaternary nitrogens is 1. The molecule has 0 bridgehead atoms. The first-order chi connectivity index (χ1) is 12.2. The zero-order chi connectivity index (χ0) is 16.6. The Morgan fingerprint density at radius 3 is 2.64 bits per heavy atom. The van der Waals surface area contributed by atoms with E-state index in [2.05, 4.69) is 31.3 Å². The van der Waals surface area contributed by atoms with Crippen LogP contribution in [0.15, 0.2) is 24.3 Å². The highest BCUT2D eigenvalue weighted by Crippen LogP contribution is 2.50. The summed E-state index contributed by atoms with van der Waals surface area (Å²) in [7, 11) is 2.37. The van der Waals surface area contributed by atoms with Crippen LogP contribution in [0.25, 0.3) is 0 Å². The fourth-order valence-corrected chi connectivity index (χ4v) is 4.92. The highest BCUT2D eigenvalue weighted by molar-refractivity contribution is 5.54. The van der Waals surface area contributed by atoms with E-state index in [1.165, 1.54) is 22.3 Å². The molecule has 0 saturated carbocycles. The molecule has 5 nitrogen and oxygen atoms in total. The molecule has 0 aliphatic carbocycles. The standard InChI is InChI=1S/C20H20NO4/c1-21-5-4-13-7-18-19(24-10-23-18)8-14(13)16(21)6-12-2-3-17-20(15(12)9-21)25-11-22-17/h2-3,7-8,16H,4-6,9-11H2,1H3/q+1/t16-,21+/m0/s1. The Hall–Kier alpha value is -2.40. The highest BCUT2D eigenvalue weighted by Gasteiger charge is 2.45. The third-order valence-electron chi connectivity index (χ3n) is 6.31. The van der Waals surface area contributed by atoms with Crippen molar-refractivity contribution >= 4 is 0 Å². The molecule has 0 fully saturated rings. The van der Waals surface area contributed by atoms with Gasteiger partial charge in [0, 0.05) is 18.4 Å². The van der Waals surface area contributed by atoms with Crippen molar-refractivity contribution in [2.45, 2.75) is 25.4 Å². The maximum Gasteiger partial charge on any atom is 0.231 e. The minimum atomic E-state index is 0.335. The van der Waals surface area contributed by atoms with E-state index in [1.54, 1.807) is 0 Å². The molecule has 0 unspecified atom stereocenters. The zero-order valence-corrected chi connectivity index (χ0v) is 14.2. The highest BCUT2D eigenvalue weighted by atomic mass is 16.7. The van der Waals surface area contributed by atoms with Crippen LogP contribution in [-0.2, 0) is 19.4 Å². The van der Waals surface area contributed by atoms with E-state index in [4.69, 9.17) is 18.9 Å². The molecular formula is C20H20NO4+. The summed E-state index contributed by atoms with van der Waals surface area (Å²) in [6.07, 6.45) is 2.09. The quantitative estimate of drug-likeness (QED) is 0.692. The minimum Gasteiger partial charge on any atom is -0.454 e. The normalized spacial score (nSPS) is 27.5. The van der Waals surface area contributed by atoms with Crippen LogP contribution in [-0.4, -0.2) is 31.7 Å². The number of nitrogens with zero attached hydrogens (tertiary/aromatic N) is 1. The summed E-state index contributed by atoms with van der Waals surface area (Å²) in [6, 6.07) is 9.13. The summed E-state index contributed by atoms with van der Waals surface area (Å²) < 4.78 is 23.6. The Bertz CT molecular complexity index is 909. The molecule has 128 valence electrons. The zero-order valence-electron chi connectivity index (χ0n) is 14.2. The van der Waals surface area contributed by atoms with Crippen molar-refractivity contribution < 1.29 is 23.4 Å². The van der Waals surface area contributed by atoms with Gasteiger partial charge < -0.3 is 23.4 Å². The number of rotatable bonds is 0. The van der Waals surface area contributed by atoms with Crippen LogP contribution in [0.3, 0.4) is 0 Å². The summed E-state index contributed by atoms with van der Waals surface area (Å²) in [4.78, 5) is 0. The molecule has 0 radical (unpaired) electrons. The molecule has 2 aromatic carbocycles. The molecule has 0 N–H and O–H groups in total.